The first-order valence-electron chi connectivity index (χ1n) is 9.88. The first-order chi connectivity index (χ1) is 13.9. The molecule has 0 spiro atoms. The van der Waals surface area contributed by atoms with Gasteiger partial charge in [-0.25, -0.2) is 4.39 Å². The molecular formula is C24H24FNO3. The van der Waals surface area contributed by atoms with E-state index >= 15 is 0 Å². The van der Waals surface area contributed by atoms with Gasteiger partial charge in [0, 0.05) is 34.6 Å². The van der Waals surface area contributed by atoms with Crippen LogP contribution in [0.4, 0.5) is 4.39 Å². The van der Waals surface area contributed by atoms with Crippen LogP contribution in [0.3, 0.4) is 0 Å². The Hall–Kier alpha value is -2.92. The molecule has 1 aliphatic heterocycles. The molecule has 1 aliphatic rings. The van der Waals surface area contributed by atoms with Crippen LogP contribution in [-0.4, -0.2) is 27.9 Å². The van der Waals surface area contributed by atoms with Gasteiger partial charge in [-0.2, -0.15) is 0 Å². The van der Waals surface area contributed by atoms with Gasteiger partial charge < -0.3 is 14.4 Å². The monoisotopic (exact) mass is 393 g/mol. The summed E-state index contributed by atoms with van der Waals surface area (Å²) >= 11 is 0. The lowest BCUT2D eigenvalue weighted by atomic mass is 10.0. The Morgan fingerprint density at radius 3 is 2.59 bits per heavy atom. The fraction of sp³-hybridized carbons (Fsp3) is 0.292. The molecule has 2 atom stereocenters. The van der Waals surface area contributed by atoms with Gasteiger partial charge in [0.1, 0.15) is 11.9 Å². The minimum Gasteiger partial charge on any atom is -0.458 e. The summed E-state index contributed by atoms with van der Waals surface area (Å²) in [6.07, 6.45) is 3.06. The number of benzene rings is 2. The first kappa shape index (κ1) is 19.4. The normalized spacial score (nSPS) is 20.0. The molecule has 1 aromatic heterocycles. The maximum atomic E-state index is 13.5. The molecular weight excluding hydrogens is 369 g/mol. The average molecular weight is 393 g/mol. The number of cyclic esters (lactones) is 1. The van der Waals surface area contributed by atoms with E-state index in [1.165, 1.54) is 12.1 Å². The SMILES string of the molecule is CC(C)n1c(/C=C/[C@H]2C[C@@H](O)CC(=O)O2)c(-c2ccc(F)cc2)c2ccccc21. The zero-order valence-electron chi connectivity index (χ0n) is 16.5. The highest BCUT2D eigenvalue weighted by atomic mass is 19.1. The predicted molar refractivity (Wildman–Crippen MR) is 112 cm³/mol. The number of aliphatic hydroxyl groups is 1. The molecule has 1 fully saturated rings. The third-order valence-electron chi connectivity index (χ3n) is 5.26. The second-order valence-corrected chi connectivity index (χ2v) is 7.73. The summed E-state index contributed by atoms with van der Waals surface area (Å²) in [4.78, 5) is 11.7. The van der Waals surface area contributed by atoms with Crippen LogP contribution < -0.4 is 0 Å². The number of rotatable bonds is 4. The molecule has 2 aromatic carbocycles. The number of nitrogens with zero attached hydrogens (tertiary/aromatic N) is 1. The lowest BCUT2D eigenvalue weighted by Crippen LogP contribution is -2.31. The molecule has 1 N–H and O–H groups in total. The van der Waals surface area contributed by atoms with Gasteiger partial charge in [-0.1, -0.05) is 30.3 Å². The second-order valence-electron chi connectivity index (χ2n) is 7.73. The highest BCUT2D eigenvalue weighted by molar-refractivity contribution is 6.01. The minimum atomic E-state index is -0.682. The molecule has 1 saturated heterocycles. The summed E-state index contributed by atoms with van der Waals surface area (Å²) in [5.74, 6) is -0.664. The van der Waals surface area contributed by atoms with Crippen LogP contribution >= 0.6 is 0 Å². The van der Waals surface area contributed by atoms with E-state index in [2.05, 4.69) is 30.5 Å². The summed E-state index contributed by atoms with van der Waals surface area (Å²) in [6.45, 7) is 4.23. The van der Waals surface area contributed by atoms with Crippen molar-refractivity contribution in [2.75, 3.05) is 0 Å². The van der Waals surface area contributed by atoms with Crippen LogP contribution in [0.1, 0.15) is 38.4 Å². The van der Waals surface area contributed by atoms with Crippen molar-refractivity contribution in [2.45, 2.75) is 44.9 Å². The third-order valence-corrected chi connectivity index (χ3v) is 5.26. The molecule has 4 rings (SSSR count). The zero-order chi connectivity index (χ0) is 20.5. The number of esters is 1. The van der Waals surface area contributed by atoms with Crippen LogP contribution in [0.5, 0.6) is 0 Å². The van der Waals surface area contributed by atoms with Gasteiger partial charge in [0.2, 0.25) is 0 Å². The molecule has 0 amide bonds. The fourth-order valence-corrected chi connectivity index (χ4v) is 4.05. The molecule has 0 aliphatic carbocycles. The number of ether oxygens (including phenoxy) is 1. The maximum Gasteiger partial charge on any atom is 0.309 e. The van der Waals surface area contributed by atoms with E-state index in [1.54, 1.807) is 12.1 Å². The van der Waals surface area contributed by atoms with Gasteiger partial charge in [-0.3, -0.25) is 4.79 Å². The maximum absolute atomic E-state index is 13.5. The van der Waals surface area contributed by atoms with Crippen molar-refractivity contribution in [3.63, 3.8) is 0 Å². The van der Waals surface area contributed by atoms with E-state index in [0.29, 0.717) is 6.42 Å². The molecule has 150 valence electrons. The number of hydrogen-bond donors (Lipinski definition) is 1. The summed E-state index contributed by atoms with van der Waals surface area (Å²) < 4.78 is 21.1. The number of carbonyl (C=O) groups excluding carboxylic acids is 1. The van der Waals surface area contributed by atoms with Crippen molar-refractivity contribution < 1.29 is 19.0 Å². The summed E-state index contributed by atoms with van der Waals surface area (Å²) in [5.41, 5.74) is 3.97. The average Bonchev–Trinajstić information content (AvgIpc) is 3.00. The number of hydrogen-bond acceptors (Lipinski definition) is 3. The van der Waals surface area contributed by atoms with Gasteiger partial charge >= 0.3 is 5.97 Å². The van der Waals surface area contributed by atoms with E-state index < -0.39 is 12.2 Å². The van der Waals surface area contributed by atoms with Gasteiger partial charge in [-0.15, -0.1) is 0 Å². The van der Waals surface area contributed by atoms with Crippen molar-refractivity contribution in [1.82, 2.24) is 4.57 Å². The lowest BCUT2D eigenvalue weighted by Gasteiger charge is -2.23. The topological polar surface area (TPSA) is 51.5 Å². The summed E-state index contributed by atoms with van der Waals surface area (Å²) in [6, 6.07) is 14.8. The Kier molecular flexibility index (Phi) is 5.24. The number of para-hydroxylation sites is 1. The van der Waals surface area contributed by atoms with Crippen molar-refractivity contribution in [3.05, 3.63) is 66.1 Å². The summed E-state index contributed by atoms with van der Waals surface area (Å²) in [5, 5.41) is 11.0. The van der Waals surface area contributed by atoms with E-state index in [4.69, 9.17) is 4.74 Å². The van der Waals surface area contributed by atoms with Gasteiger partial charge in [0.05, 0.1) is 12.5 Å². The predicted octanol–water partition coefficient (Wildman–Crippen LogP) is 5.11. The van der Waals surface area contributed by atoms with Crippen LogP contribution in [0.25, 0.3) is 28.1 Å². The molecule has 5 heteroatoms. The van der Waals surface area contributed by atoms with E-state index in [-0.39, 0.29) is 24.2 Å². The van der Waals surface area contributed by atoms with Gasteiger partial charge in [0.25, 0.3) is 0 Å². The van der Waals surface area contributed by atoms with Crippen LogP contribution in [-0.2, 0) is 9.53 Å². The van der Waals surface area contributed by atoms with Crippen molar-refractivity contribution >= 4 is 22.9 Å². The minimum absolute atomic E-state index is 0.0391. The number of halogens is 1. The number of aliphatic hydroxyl groups excluding tert-OH is 1. The Labute approximate surface area is 169 Å². The first-order valence-corrected chi connectivity index (χ1v) is 9.88. The van der Waals surface area contributed by atoms with Crippen molar-refractivity contribution in [1.29, 1.82) is 0 Å². The van der Waals surface area contributed by atoms with E-state index in [9.17, 15) is 14.3 Å². The number of aromatic nitrogens is 1. The van der Waals surface area contributed by atoms with Crippen LogP contribution in [0.2, 0.25) is 0 Å². The Balaban J connectivity index is 1.88. The summed E-state index contributed by atoms with van der Waals surface area (Å²) in [7, 11) is 0. The zero-order valence-corrected chi connectivity index (χ0v) is 16.5. The van der Waals surface area contributed by atoms with Gasteiger partial charge in [-0.05, 0) is 49.8 Å². The lowest BCUT2D eigenvalue weighted by molar-refractivity contribution is -0.156. The Morgan fingerprint density at radius 1 is 1.17 bits per heavy atom. The standard InChI is InChI=1S/C24H24FNO3/c1-15(2)26-21-6-4-3-5-20(21)24(16-7-9-17(25)10-8-16)22(26)12-11-19-13-18(27)14-23(28)29-19/h3-12,15,18-19,27H,13-14H2,1-2H3/b12-11+/t18-,19+/m1/s1. The number of carbonyl (C=O) groups is 1. The molecule has 0 unspecified atom stereocenters. The largest absolute Gasteiger partial charge is 0.458 e. The Bertz CT molecular complexity index is 1070. The van der Waals surface area contributed by atoms with E-state index in [1.807, 2.05) is 24.3 Å². The van der Waals surface area contributed by atoms with Crippen LogP contribution in [0, 0.1) is 5.82 Å². The quantitative estimate of drug-likeness (QED) is 0.627. The molecule has 0 saturated carbocycles. The Morgan fingerprint density at radius 2 is 1.90 bits per heavy atom. The molecule has 0 radical (unpaired) electrons. The van der Waals surface area contributed by atoms with E-state index in [0.717, 1.165) is 27.7 Å². The highest BCUT2D eigenvalue weighted by Gasteiger charge is 2.26. The highest BCUT2D eigenvalue weighted by Crippen LogP contribution is 2.38. The third kappa shape index (κ3) is 3.83. The molecule has 4 nitrogen and oxygen atoms in total. The molecule has 3 aromatic rings. The second kappa shape index (κ2) is 7.84. The molecule has 2 heterocycles. The fourth-order valence-electron chi connectivity index (χ4n) is 4.05. The molecule has 29 heavy (non-hydrogen) atoms. The van der Waals surface area contributed by atoms with Gasteiger partial charge in [0.15, 0.2) is 0 Å². The molecule has 0 bridgehead atoms. The smallest absolute Gasteiger partial charge is 0.309 e. The number of fused-ring (bicyclic) bond motifs is 1. The van der Waals surface area contributed by atoms with Crippen molar-refractivity contribution in [2.24, 2.45) is 0 Å². The van der Waals surface area contributed by atoms with Crippen LogP contribution in [0.15, 0.2) is 54.6 Å². The van der Waals surface area contributed by atoms with Crippen molar-refractivity contribution in [3.8, 4) is 11.1 Å².